The molecule has 0 bridgehead atoms. The number of anilines is 1. The van der Waals surface area contributed by atoms with Crippen molar-refractivity contribution in [1.82, 2.24) is 0 Å². The number of carbonyl (C=O) groups excluding carboxylic acids is 1. The second-order valence-electron chi connectivity index (χ2n) is 6.33. The van der Waals surface area contributed by atoms with Gasteiger partial charge in [0, 0.05) is 15.3 Å². The first-order chi connectivity index (χ1) is 12.8. The quantitative estimate of drug-likeness (QED) is 0.674. The molecule has 0 unspecified atom stereocenters. The van der Waals surface area contributed by atoms with E-state index >= 15 is 0 Å². The number of hydrogen-bond acceptors (Lipinski definition) is 4. The lowest BCUT2D eigenvalue weighted by atomic mass is 10.2. The largest absolute Gasteiger partial charge is 0.313 e. The van der Waals surface area contributed by atoms with Crippen LogP contribution in [0, 0.1) is 5.82 Å². The molecule has 0 radical (unpaired) electrons. The molecule has 2 aliphatic rings. The van der Waals surface area contributed by atoms with E-state index in [2.05, 4.69) is 20.9 Å². The van der Waals surface area contributed by atoms with Gasteiger partial charge in [0.05, 0.1) is 23.2 Å². The Hall–Kier alpha value is -1.71. The topological polar surface area (TPSA) is 66.8 Å². The number of amidine groups is 1. The summed E-state index contributed by atoms with van der Waals surface area (Å²) in [6, 6.07) is 12.7. The van der Waals surface area contributed by atoms with E-state index in [9.17, 15) is 17.6 Å². The van der Waals surface area contributed by atoms with Crippen molar-refractivity contribution in [1.29, 1.82) is 0 Å². The zero-order chi connectivity index (χ0) is 19.2. The number of halogens is 2. The molecule has 9 heteroatoms. The first kappa shape index (κ1) is 18.6. The third kappa shape index (κ3) is 3.68. The third-order valence-electron chi connectivity index (χ3n) is 4.45. The van der Waals surface area contributed by atoms with E-state index in [4.69, 9.17) is 0 Å². The summed E-state index contributed by atoms with van der Waals surface area (Å²) in [4.78, 5) is 18.3. The summed E-state index contributed by atoms with van der Waals surface area (Å²) in [5.74, 6) is -1.04. The Morgan fingerprint density at radius 3 is 2.63 bits per heavy atom. The smallest absolute Gasteiger partial charge is 0.279 e. The van der Waals surface area contributed by atoms with Gasteiger partial charge in [0.2, 0.25) is 0 Å². The Balaban J connectivity index is 1.76. The molecule has 1 amide bonds. The molecule has 2 aromatic carbocycles. The van der Waals surface area contributed by atoms with Crippen molar-refractivity contribution < 1.29 is 17.6 Å². The lowest BCUT2D eigenvalue weighted by Gasteiger charge is -2.25. The van der Waals surface area contributed by atoms with Crippen LogP contribution in [0.15, 0.2) is 58.0 Å². The number of aliphatic imine (C=N–C) groups is 1. The molecule has 2 heterocycles. The van der Waals surface area contributed by atoms with Gasteiger partial charge in [0.15, 0.2) is 15.0 Å². The number of benzene rings is 2. The van der Waals surface area contributed by atoms with E-state index in [-0.39, 0.29) is 22.4 Å². The molecular weight excluding hydrogens is 455 g/mol. The van der Waals surface area contributed by atoms with Crippen LogP contribution in [0.25, 0.3) is 0 Å². The number of nitrogens with zero attached hydrogens (tertiary/aromatic N) is 2. The summed E-state index contributed by atoms with van der Waals surface area (Å²) >= 11 is 4.44. The van der Waals surface area contributed by atoms with Gasteiger partial charge in [-0.2, -0.15) is 4.99 Å². The highest BCUT2D eigenvalue weighted by molar-refractivity contribution is 9.10. The summed E-state index contributed by atoms with van der Waals surface area (Å²) in [6.07, 6.45) is 0. The molecule has 2 fully saturated rings. The minimum Gasteiger partial charge on any atom is -0.313 e. The first-order valence-electron chi connectivity index (χ1n) is 8.13. The molecule has 0 saturated carbocycles. The van der Waals surface area contributed by atoms with Crippen LogP contribution in [0.3, 0.4) is 0 Å². The van der Waals surface area contributed by atoms with Crippen molar-refractivity contribution in [2.75, 3.05) is 16.4 Å². The highest BCUT2D eigenvalue weighted by Crippen LogP contribution is 2.42. The van der Waals surface area contributed by atoms with Gasteiger partial charge in [0.25, 0.3) is 5.91 Å². The van der Waals surface area contributed by atoms with Gasteiger partial charge < -0.3 is 4.90 Å². The molecule has 5 nitrogen and oxygen atoms in total. The van der Waals surface area contributed by atoms with E-state index in [0.29, 0.717) is 15.2 Å². The van der Waals surface area contributed by atoms with Crippen LogP contribution in [-0.4, -0.2) is 42.3 Å². The van der Waals surface area contributed by atoms with Crippen LogP contribution in [0.1, 0.15) is 10.4 Å². The van der Waals surface area contributed by atoms with Crippen molar-refractivity contribution >= 4 is 54.3 Å². The molecule has 140 valence electrons. The van der Waals surface area contributed by atoms with Crippen LogP contribution in [0.5, 0.6) is 0 Å². The second-order valence-corrected chi connectivity index (χ2v) is 10.6. The Labute approximate surface area is 168 Å². The molecule has 2 saturated heterocycles. The van der Waals surface area contributed by atoms with Crippen molar-refractivity contribution in [3.05, 3.63) is 64.4 Å². The summed E-state index contributed by atoms with van der Waals surface area (Å²) in [6.45, 7) is 0. The van der Waals surface area contributed by atoms with Crippen molar-refractivity contribution in [2.24, 2.45) is 4.99 Å². The fourth-order valence-electron chi connectivity index (χ4n) is 3.25. The van der Waals surface area contributed by atoms with Crippen molar-refractivity contribution in [2.45, 2.75) is 11.3 Å². The monoisotopic (exact) mass is 468 g/mol. The van der Waals surface area contributed by atoms with Gasteiger partial charge in [-0.25, -0.2) is 12.8 Å². The van der Waals surface area contributed by atoms with E-state index in [1.807, 2.05) is 0 Å². The van der Waals surface area contributed by atoms with Gasteiger partial charge in [-0.05, 0) is 30.3 Å². The number of hydrogen-bond donors (Lipinski definition) is 0. The van der Waals surface area contributed by atoms with Crippen LogP contribution in [-0.2, 0) is 9.84 Å². The van der Waals surface area contributed by atoms with Crippen molar-refractivity contribution in [3.63, 3.8) is 0 Å². The summed E-state index contributed by atoms with van der Waals surface area (Å²) in [5, 5.41) is 0.0512. The Bertz CT molecular complexity index is 1040. The van der Waals surface area contributed by atoms with Gasteiger partial charge >= 0.3 is 0 Å². The van der Waals surface area contributed by atoms with Crippen LogP contribution < -0.4 is 4.90 Å². The maximum absolute atomic E-state index is 14.6. The third-order valence-corrected chi connectivity index (χ3v) is 8.16. The molecule has 0 aliphatic carbocycles. The molecule has 2 aliphatic heterocycles. The molecule has 2 atom stereocenters. The molecule has 27 heavy (non-hydrogen) atoms. The SMILES string of the molecule is O=C(N=C1S[C@H]2CS(=O)(=O)C[C@H]2N1c1ccc(Br)cc1F)c1ccccc1. The first-order valence-corrected chi connectivity index (χ1v) is 11.6. The zero-order valence-electron chi connectivity index (χ0n) is 13.9. The second kappa shape index (κ2) is 7.03. The lowest BCUT2D eigenvalue weighted by molar-refractivity contribution is 0.100. The standard InChI is InChI=1S/C18H14BrFN2O3S2/c19-12-6-7-14(13(20)8-12)22-15-9-27(24,25)10-16(15)26-18(22)21-17(23)11-4-2-1-3-5-11/h1-8,15-16H,9-10H2/t15-,16+/m1/s1. The number of rotatable bonds is 2. The van der Waals surface area contributed by atoms with E-state index in [1.165, 1.54) is 17.8 Å². The number of thioether (sulfide) groups is 1. The normalized spacial score (nSPS) is 25.0. The number of sulfone groups is 1. The summed E-state index contributed by atoms with van der Waals surface area (Å²) in [5.41, 5.74) is 0.640. The van der Waals surface area contributed by atoms with Crippen LogP contribution in [0.2, 0.25) is 0 Å². The summed E-state index contributed by atoms with van der Waals surface area (Å²) in [7, 11) is -3.21. The minimum atomic E-state index is -3.21. The predicted octanol–water partition coefficient (Wildman–Crippen LogP) is 3.50. The highest BCUT2D eigenvalue weighted by atomic mass is 79.9. The van der Waals surface area contributed by atoms with Gasteiger partial charge in [-0.3, -0.25) is 4.79 Å². The van der Waals surface area contributed by atoms with Crippen LogP contribution in [0.4, 0.5) is 10.1 Å². The van der Waals surface area contributed by atoms with Gasteiger partial charge in [0.1, 0.15) is 5.82 Å². The van der Waals surface area contributed by atoms with Gasteiger partial charge in [-0.1, -0.05) is 45.9 Å². The average Bonchev–Trinajstić information content (AvgIpc) is 3.07. The number of amides is 1. The minimum absolute atomic E-state index is 0.00444. The highest BCUT2D eigenvalue weighted by Gasteiger charge is 2.50. The van der Waals surface area contributed by atoms with E-state index in [0.717, 1.165) is 0 Å². The molecule has 2 aromatic rings. The fraction of sp³-hybridized carbons (Fsp3) is 0.222. The maximum atomic E-state index is 14.6. The van der Waals surface area contributed by atoms with E-state index < -0.39 is 27.6 Å². The number of carbonyl (C=O) groups is 1. The maximum Gasteiger partial charge on any atom is 0.279 e. The molecule has 0 aromatic heterocycles. The zero-order valence-corrected chi connectivity index (χ0v) is 17.1. The Kier molecular flexibility index (Phi) is 4.85. The Morgan fingerprint density at radius 2 is 1.93 bits per heavy atom. The van der Waals surface area contributed by atoms with Crippen LogP contribution >= 0.6 is 27.7 Å². The molecule has 0 spiro atoms. The molecule has 0 N–H and O–H groups in total. The number of fused-ring (bicyclic) bond motifs is 1. The lowest BCUT2D eigenvalue weighted by Crippen LogP contribution is -2.38. The van der Waals surface area contributed by atoms with Gasteiger partial charge in [-0.15, -0.1) is 0 Å². The molecular formula is C18H14BrFN2O3S2. The predicted molar refractivity (Wildman–Crippen MR) is 109 cm³/mol. The molecule has 4 rings (SSSR count). The summed E-state index contributed by atoms with van der Waals surface area (Å²) < 4.78 is 39.3. The van der Waals surface area contributed by atoms with E-state index in [1.54, 1.807) is 47.4 Å². The van der Waals surface area contributed by atoms with Crippen molar-refractivity contribution in [3.8, 4) is 0 Å². The fourth-order valence-corrected chi connectivity index (χ4v) is 7.49. The average molecular weight is 469 g/mol. The Morgan fingerprint density at radius 1 is 1.19 bits per heavy atom.